The molecule has 0 amide bonds. The maximum absolute atomic E-state index is 11.3. The molecule has 0 aliphatic heterocycles. The molecule has 0 heterocycles. The average molecular weight is 266 g/mol. The zero-order valence-corrected chi connectivity index (χ0v) is 12.3. The predicted octanol–water partition coefficient (Wildman–Crippen LogP) is 3.23. The third-order valence-corrected chi connectivity index (χ3v) is 6.07. The SMILES string of the molecule is C[C@@H]1CC[C@@]2(C)C(CO)=CCC[C@@H]2[C@@]1(C)CC(=O)O. The minimum atomic E-state index is -0.696. The second-order valence-electron chi connectivity index (χ2n) is 6.95. The summed E-state index contributed by atoms with van der Waals surface area (Å²) in [6.07, 6.45) is 6.56. The lowest BCUT2D eigenvalue weighted by molar-refractivity contribution is -0.145. The fourth-order valence-electron chi connectivity index (χ4n) is 4.65. The molecule has 3 nitrogen and oxygen atoms in total. The summed E-state index contributed by atoms with van der Waals surface area (Å²) in [6.45, 7) is 6.68. The maximum atomic E-state index is 11.3. The Morgan fingerprint density at radius 3 is 2.68 bits per heavy atom. The van der Waals surface area contributed by atoms with Crippen LogP contribution in [0.5, 0.6) is 0 Å². The van der Waals surface area contributed by atoms with E-state index in [-0.39, 0.29) is 23.9 Å². The number of hydrogen-bond donors (Lipinski definition) is 2. The van der Waals surface area contributed by atoms with Gasteiger partial charge < -0.3 is 10.2 Å². The van der Waals surface area contributed by atoms with Gasteiger partial charge in [-0.25, -0.2) is 0 Å². The van der Waals surface area contributed by atoms with E-state index < -0.39 is 5.97 Å². The highest BCUT2D eigenvalue weighted by molar-refractivity contribution is 5.68. The van der Waals surface area contributed by atoms with E-state index >= 15 is 0 Å². The van der Waals surface area contributed by atoms with Crippen LogP contribution >= 0.6 is 0 Å². The van der Waals surface area contributed by atoms with E-state index in [9.17, 15) is 15.0 Å². The van der Waals surface area contributed by atoms with Crippen LogP contribution in [-0.4, -0.2) is 22.8 Å². The van der Waals surface area contributed by atoms with Crippen molar-refractivity contribution in [2.75, 3.05) is 6.61 Å². The van der Waals surface area contributed by atoms with Crippen molar-refractivity contribution in [1.29, 1.82) is 0 Å². The van der Waals surface area contributed by atoms with Crippen LogP contribution in [0, 0.1) is 22.7 Å². The molecule has 0 aromatic carbocycles. The monoisotopic (exact) mass is 266 g/mol. The topological polar surface area (TPSA) is 57.5 Å². The van der Waals surface area contributed by atoms with Crippen LogP contribution in [-0.2, 0) is 4.79 Å². The Labute approximate surface area is 115 Å². The summed E-state index contributed by atoms with van der Waals surface area (Å²) in [5, 5.41) is 18.9. The van der Waals surface area contributed by atoms with Crippen molar-refractivity contribution < 1.29 is 15.0 Å². The summed E-state index contributed by atoms with van der Waals surface area (Å²) in [6, 6.07) is 0. The molecule has 0 saturated heterocycles. The van der Waals surface area contributed by atoms with Crippen molar-refractivity contribution in [1.82, 2.24) is 0 Å². The Kier molecular flexibility index (Phi) is 3.78. The van der Waals surface area contributed by atoms with Crippen molar-refractivity contribution in [2.45, 2.75) is 52.9 Å². The van der Waals surface area contributed by atoms with E-state index in [0.717, 1.165) is 31.3 Å². The van der Waals surface area contributed by atoms with Crippen molar-refractivity contribution in [2.24, 2.45) is 22.7 Å². The summed E-state index contributed by atoms with van der Waals surface area (Å²) in [7, 11) is 0. The van der Waals surface area contributed by atoms with Crippen molar-refractivity contribution >= 4 is 5.97 Å². The fourth-order valence-corrected chi connectivity index (χ4v) is 4.65. The zero-order valence-electron chi connectivity index (χ0n) is 12.3. The van der Waals surface area contributed by atoms with Crippen LogP contribution in [0.2, 0.25) is 0 Å². The zero-order chi connectivity index (χ0) is 14.3. The third kappa shape index (κ3) is 2.22. The van der Waals surface area contributed by atoms with Crippen molar-refractivity contribution in [3.63, 3.8) is 0 Å². The minimum absolute atomic E-state index is 0.0102. The lowest BCUT2D eigenvalue weighted by atomic mass is 9.47. The number of aliphatic hydroxyl groups is 1. The lowest BCUT2D eigenvalue weighted by Gasteiger charge is -2.57. The number of fused-ring (bicyclic) bond motifs is 1. The van der Waals surface area contributed by atoms with Gasteiger partial charge in [-0.3, -0.25) is 4.79 Å². The van der Waals surface area contributed by atoms with Gasteiger partial charge in [0.25, 0.3) is 0 Å². The van der Waals surface area contributed by atoms with Crippen LogP contribution < -0.4 is 0 Å². The Hall–Kier alpha value is -0.830. The molecule has 0 aromatic heterocycles. The molecule has 0 radical (unpaired) electrons. The van der Waals surface area contributed by atoms with Gasteiger partial charge in [-0.05, 0) is 53.9 Å². The maximum Gasteiger partial charge on any atom is 0.303 e. The fraction of sp³-hybridized carbons (Fsp3) is 0.812. The summed E-state index contributed by atoms with van der Waals surface area (Å²) < 4.78 is 0. The van der Waals surface area contributed by atoms with Gasteiger partial charge in [-0.2, -0.15) is 0 Å². The molecule has 2 N–H and O–H groups in total. The highest BCUT2D eigenvalue weighted by Gasteiger charge is 2.54. The van der Waals surface area contributed by atoms with Crippen molar-refractivity contribution in [3.05, 3.63) is 11.6 Å². The number of allylic oxidation sites excluding steroid dienone is 1. The van der Waals surface area contributed by atoms with E-state index in [4.69, 9.17) is 0 Å². The van der Waals surface area contributed by atoms with Gasteiger partial charge in [-0.1, -0.05) is 26.8 Å². The van der Waals surface area contributed by atoms with E-state index in [1.165, 1.54) is 0 Å². The van der Waals surface area contributed by atoms with Crippen molar-refractivity contribution in [3.8, 4) is 0 Å². The summed E-state index contributed by atoms with van der Waals surface area (Å²) in [4.78, 5) is 11.3. The first kappa shape index (κ1) is 14.6. The highest BCUT2D eigenvalue weighted by atomic mass is 16.4. The van der Waals surface area contributed by atoms with Crippen LogP contribution in [0.15, 0.2) is 11.6 Å². The molecule has 1 fully saturated rings. The first-order chi connectivity index (χ1) is 8.84. The van der Waals surface area contributed by atoms with Gasteiger partial charge in [-0.15, -0.1) is 0 Å². The summed E-state index contributed by atoms with van der Waals surface area (Å²) in [5.41, 5.74) is 0.962. The van der Waals surface area contributed by atoms with Gasteiger partial charge in [0.1, 0.15) is 0 Å². The molecule has 3 heteroatoms. The number of aliphatic carboxylic acids is 1. The van der Waals surface area contributed by atoms with E-state index in [2.05, 4.69) is 26.8 Å². The first-order valence-corrected chi connectivity index (χ1v) is 7.36. The number of hydrogen-bond acceptors (Lipinski definition) is 2. The molecule has 2 aliphatic rings. The molecule has 0 spiro atoms. The van der Waals surface area contributed by atoms with Crippen LogP contribution in [0.3, 0.4) is 0 Å². The number of carbonyl (C=O) groups is 1. The number of carboxylic acid groups (broad SMARTS) is 1. The van der Waals surface area contributed by atoms with Gasteiger partial charge in [0.2, 0.25) is 0 Å². The average Bonchev–Trinajstić information content (AvgIpc) is 2.33. The Bertz CT molecular complexity index is 401. The first-order valence-electron chi connectivity index (χ1n) is 7.36. The third-order valence-electron chi connectivity index (χ3n) is 6.07. The molecule has 0 unspecified atom stereocenters. The summed E-state index contributed by atoms with van der Waals surface area (Å²) >= 11 is 0. The van der Waals surface area contributed by atoms with Gasteiger partial charge in [0.05, 0.1) is 13.0 Å². The van der Waals surface area contributed by atoms with Crippen LogP contribution in [0.25, 0.3) is 0 Å². The normalized spacial score (nSPS) is 42.4. The van der Waals surface area contributed by atoms with Gasteiger partial charge >= 0.3 is 5.97 Å². The van der Waals surface area contributed by atoms with Crippen LogP contribution in [0.4, 0.5) is 0 Å². The molecular weight excluding hydrogens is 240 g/mol. The van der Waals surface area contributed by atoms with Gasteiger partial charge in [0, 0.05) is 0 Å². The minimum Gasteiger partial charge on any atom is -0.481 e. The Morgan fingerprint density at radius 2 is 2.11 bits per heavy atom. The van der Waals surface area contributed by atoms with E-state index in [1.807, 2.05) is 0 Å². The number of aliphatic hydroxyl groups excluding tert-OH is 1. The second kappa shape index (κ2) is 4.93. The molecule has 0 bridgehead atoms. The molecule has 2 aliphatic carbocycles. The second-order valence-corrected chi connectivity index (χ2v) is 6.95. The lowest BCUT2D eigenvalue weighted by Crippen LogP contribution is -2.51. The van der Waals surface area contributed by atoms with E-state index in [0.29, 0.717) is 11.8 Å². The quantitative estimate of drug-likeness (QED) is 0.771. The Balaban J connectivity index is 2.40. The highest BCUT2D eigenvalue weighted by Crippen LogP contribution is 2.61. The van der Waals surface area contributed by atoms with Crippen LogP contribution in [0.1, 0.15) is 52.9 Å². The standard InChI is InChI=1S/C16H26O3/c1-11-7-8-15(2)12(10-17)5-4-6-13(15)16(11,3)9-14(18)19/h5,11,13,17H,4,6-10H2,1-3H3,(H,18,19)/t11-,13+,15+,16+/m1/s1. The predicted molar refractivity (Wildman–Crippen MR) is 74.8 cm³/mol. The largest absolute Gasteiger partial charge is 0.481 e. The van der Waals surface area contributed by atoms with E-state index in [1.54, 1.807) is 0 Å². The molecule has 2 rings (SSSR count). The molecule has 4 atom stereocenters. The smallest absolute Gasteiger partial charge is 0.303 e. The number of carboxylic acids is 1. The molecule has 19 heavy (non-hydrogen) atoms. The van der Waals surface area contributed by atoms with Gasteiger partial charge in [0.15, 0.2) is 0 Å². The summed E-state index contributed by atoms with van der Waals surface area (Å²) in [5.74, 6) is 0.102. The molecule has 1 saturated carbocycles. The Morgan fingerprint density at radius 1 is 1.42 bits per heavy atom. The molecule has 0 aromatic rings. The number of rotatable bonds is 3. The molecular formula is C16H26O3. The molecule has 108 valence electrons.